The summed E-state index contributed by atoms with van der Waals surface area (Å²) in [6.07, 6.45) is 3.14. The summed E-state index contributed by atoms with van der Waals surface area (Å²) in [7, 11) is 0. The van der Waals surface area contributed by atoms with Gasteiger partial charge in [-0.3, -0.25) is 0 Å². The van der Waals surface area contributed by atoms with Crippen molar-refractivity contribution in [3.05, 3.63) is 47.8 Å². The Morgan fingerprint density at radius 1 is 1.21 bits per heavy atom. The van der Waals surface area contributed by atoms with E-state index in [4.69, 9.17) is 4.74 Å². The molecule has 0 saturated carbocycles. The Morgan fingerprint density at radius 2 is 1.95 bits per heavy atom. The minimum absolute atomic E-state index is 0.0234. The van der Waals surface area contributed by atoms with Crippen LogP contribution in [0.25, 0.3) is 0 Å². The molecule has 0 atom stereocenters. The van der Waals surface area contributed by atoms with Crippen LogP contribution in [-0.2, 0) is 6.54 Å². The Morgan fingerprint density at radius 3 is 2.63 bits per heavy atom. The Bertz CT molecular complexity index is 546. The smallest absolute Gasteiger partial charge is 0.321 e. The second-order valence-electron chi connectivity index (χ2n) is 3.81. The maximum Gasteiger partial charge on any atom is 0.321 e. The number of rotatable bonds is 5. The minimum atomic E-state index is -1.05. The molecule has 1 N–H and O–H groups in total. The normalized spacial score (nSPS) is 10.5. The Labute approximate surface area is 109 Å². The topological polar surface area (TPSA) is 47.0 Å². The Hall–Kier alpha value is -2.08. The first kappa shape index (κ1) is 13.4. The number of aromatic nitrogens is 2. The molecule has 19 heavy (non-hydrogen) atoms. The summed E-state index contributed by atoms with van der Waals surface area (Å²) in [5, 5.41) is 3.12. The van der Waals surface area contributed by atoms with Gasteiger partial charge in [-0.1, -0.05) is 13.0 Å². The molecular weight excluding hydrogens is 252 g/mol. The lowest BCUT2D eigenvalue weighted by atomic mass is 10.3. The van der Waals surface area contributed by atoms with Crippen molar-refractivity contribution in [2.75, 3.05) is 6.54 Å². The maximum absolute atomic E-state index is 13.4. The van der Waals surface area contributed by atoms with E-state index >= 15 is 0 Å². The van der Waals surface area contributed by atoms with E-state index in [1.165, 1.54) is 12.1 Å². The second-order valence-corrected chi connectivity index (χ2v) is 3.81. The molecule has 0 unspecified atom stereocenters. The first-order valence-corrected chi connectivity index (χ1v) is 5.84. The summed E-state index contributed by atoms with van der Waals surface area (Å²) in [6.45, 7) is 3.48. The van der Waals surface area contributed by atoms with Gasteiger partial charge in [-0.15, -0.1) is 0 Å². The SMILES string of the molecule is CCNCc1cnc(Oc2cccc(F)c2F)nc1. The first-order valence-electron chi connectivity index (χ1n) is 5.84. The molecule has 4 nitrogen and oxygen atoms in total. The lowest BCUT2D eigenvalue weighted by molar-refractivity contribution is 0.392. The molecule has 0 bridgehead atoms. The van der Waals surface area contributed by atoms with E-state index in [1.54, 1.807) is 12.4 Å². The van der Waals surface area contributed by atoms with Gasteiger partial charge in [0.2, 0.25) is 5.82 Å². The van der Waals surface area contributed by atoms with Crippen LogP contribution in [0.2, 0.25) is 0 Å². The van der Waals surface area contributed by atoms with Gasteiger partial charge in [-0.25, -0.2) is 14.4 Å². The third-order valence-corrected chi connectivity index (χ3v) is 2.38. The van der Waals surface area contributed by atoms with Gasteiger partial charge >= 0.3 is 6.01 Å². The van der Waals surface area contributed by atoms with Crippen LogP contribution in [0.1, 0.15) is 12.5 Å². The zero-order chi connectivity index (χ0) is 13.7. The van der Waals surface area contributed by atoms with Crippen molar-refractivity contribution >= 4 is 0 Å². The van der Waals surface area contributed by atoms with E-state index in [2.05, 4.69) is 15.3 Å². The van der Waals surface area contributed by atoms with Gasteiger partial charge in [0.05, 0.1) is 0 Å². The van der Waals surface area contributed by atoms with Gasteiger partial charge in [-0.2, -0.15) is 4.39 Å². The average Bonchev–Trinajstić information content (AvgIpc) is 2.43. The molecule has 6 heteroatoms. The molecule has 0 aliphatic rings. The summed E-state index contributed by atoms with van der Waals surface area (Å²) < 4.78 is 31.4. The molecule has 1 aromatic carbocycles. The van der Waals surface area contributed by atoms with Crippen molar-refractivity contribution in [2.24, 2.45) is 0 Å². The lowest BCUT2D eigenvalue weighted by Crippen LogP contribution is -2.12. The molecule has 0 aliphatic carbocycles. The highest BCUT2D eigenvalue weighted by Crippen LogP contribution is 2.23. The van der Waals surface area contributed by atoms with E-state index in [9.17, 15) is 8.78 Å². The van der Waals surface area contributed by atoms with Gasteiger partial charge in [-0.05, 0) is 18.7 Å². The molecular formula is C13H13F2N3O. The second kappa shape index (κ2) is 6.19. The van der Waals surface area contributed by atoms with E-state index in [1.807, 2.05) is 6.92 Å². The highest BCUT2D eigenvalue weighted by atomic mass is 19.2. The summed E-state index contributed by atoms with van der Waals surface area (Å²) in [6, 6.07) is 3.66. The van der Waals surface area contributed by atoms with Crippen LogP contribution in [0.3, 0.4) is 0 Å². The fourth-order valence-corrected chi connectivity index (χ4v) is 1.42. The van der Waals surface area contributed by atoms with E-state index < -0.39 is 11.6 Å². The molecule has 1 aromatic heterocycles. The van der Waals surface area contributed by atoms with E-state index in [0.717, 1.165) is 18.2 Å². The summed E-state index contributed by atoms with van der Waals surface area (Å²) >= 11 is 0. The van der Waals surface area contributed by atoms with Crippen molar-refractivity contribution in [1.82, 2.24) is 15.3 Å². The number of hydrogen-bond donors (Lipinski definition) is 1. The highest BCUT2D eigenvalue weighted by Gasteiger charge is 2.10. The number of nitrogens with zero attached hydrogens (tertiary/aromatic N) is 2. The van der Waals surface area contributed by atoms with Gasteiger partial charge in [0.15, 0.2) is 11.6 Å². The monoisotopic (exact) mass is 265 g/mol. The number of hydrogen-bond acceptors (Lipinski definition) is 4. The molecule has 0 fully saturated rings. The third-order valence-electron chi connectivity index (χ3n) is 2.38. The van der Waals surface area contributed by atoms with E-state index in [0.29, 0.717) is 6.54 Å². The minimum Gasteiger partial charge on any atom is -0.421 e. The number of ether oxygens (including phenoxy) is 1. The molecule has 0 aliphatic heterocycles. The van der Waals surface area contributed by atoms with Crippen LogP contribution in [0.4, 0.5) is 8.78 Å². The zero-order valence-electron chi connectivity index (χ0n) is 10.4. The summed E-state index contributed by atoms with van der Waals surface area (Å²) in [4.78, 5) is 7.87. The summed E-state index contributed by atoms with van der Waals surface area (Å²) in [5.41, 5.74) is 0.883. The molecule has 2 rings (SSSR count). The standard InChI is InChI=1S/C13H13F2N3O/c1-2-16-6-9-7-17-13(18-8-9)19-11-5-3-4-10(14)12(11)15/h3-5,7-8,16H,2,6H2,1H3. The molecule has 0 spiro atoms. The predicted molar refractivity (Wildman–Crippen MR) is 65.8 cm³/mol. The number of halogens is 2. The Kier molecular flexibility index (Phi) is 4.35. The average molecular weight is 265 g/mol. The van der Waals surface area contributed by atoms with Crippen molar-refractivity contribution in [3.63, 3.8) is 0 Å². The van der Waals surface area contributed by atoms with E-state index in [-0.39, 0.29) is 11.8 Å². The molecule has 100 valence electrons. The zero-order valence-corrected chi connectivity index (χ0v) is 10.4. The van der Waals surface area contributed by atoms with Gasteiger partial charge in [0, 0.05) is 24.5 Å². The van der Waals surface area contributed by atoms with Crippen LogP contribution in [-0.4, -0.2) is 16.5 Å². The fraction of sp³-hybridized carbons (Fsp3) is 0.231. The van der Waals surface area contributed by atoms with Crippen molar-refractivity contribution in [3.8, 4) is 11.8 Å². The van der Waals surface area contributed by atoms with Crippen LogP contribution in [0.5, 0.6) is 11.8 Å². The van der Waals surface area contributed by atoms with Crippen LogP contribution in [0.15, 0.2) is 30.6 Å². The van der Waals surface area contributed by atoms with Crippen LogP contribution >= 0.6 is 0 Å². The summed E-state index contributed by atoms with van der Waals surface area (Å²) in [5.74, 6) is -2.26. The quantitative estimate of drug-likeness (QED) is 0.902. The van der Waals surface area contributed by atoms with Crippen molar-refractivity contribution < 1.29 is 13.5 Å². The maximum atomic E-state index is 13.4. The first-order chi connectivity index (χ1) is 9.20. The molecule has 0 amide bonds. The van der Waals surface area contributed by atoms with Crippen molar-refractivity contribution in [2.45, 2.75) is 13.5 Å². The highest BCUT2D eigenvalue weighted by molar-refractivity contribution is 5.27. The molecule has 0 radical (unpaired) electrons. The van der Waals surface area contributed by atoms with Gasteiger partial charge < -0.3 is 10.1 Å². The van der Waals surface area contributed by atoms with Crippen LogP contribution in [0, 0.1) is 11.6 Å². The molecule has 2 aromatic rings. The van der Waals surface area contributed by atoms with Gasteiger partial charge in [0.1, 0.15) is 0 Å². The lowest BCUT2D eigenvalue weighted by Gasteiger charge is -2.06. The van der Waals surface area contributed by atoms with Crippen LogP contribution < -0.4 is 10.1 Å². The van der Waals surface area contributed by atoms with Gasteiger partial charge in [0.25, 0.3) is 0 Å². The fourth-order valence-electron chi connectivity index (χ4n) is 1.42. The van der Waals surface area contributed by atoms with Crippen molar-refractivity contribution in [1.29, 1.82) is 0 Å². The molecule has 1 heterocycles. The molecule has 0 saturated heterocycles. The number of benzene rings is 1. The Balaban J connectivity index is 2.09. The largest absolute Gasteiger partial charge is 0.421 e. The predicted octanol–water partition coefficient (Wildman–Crippen LogP) is 2.66. The number of nitrogens with one attached hydrogen (secondary N) is 1. The third kappa shape index (κ3) is 3.45.